The summed E-state index contributed by atoms with van der Waals surface area (Å²) >= 11 is 0. The van der Waals surface area contributed by atoms with E-state index in [9.17, 15) is 5.11 Å². The molecule has 1 aliphatic rings. The largest absolute Gasteiger partial charge is 0.387 e. The number of hydrogen-bond acceptors (Lipinski definition) is 2. The maximum atomic E-state index is 9.97. The molecule has 1 atom stereocenters. The topological polar surface area (TPSA) is 37.2 Å². The molecular formula is C12H20N2O. The Labute approximate surface area is 91.1 Å². The Morgan fingerprint density at radius 1 is 1.53 bits per heavy atom. The van der Waals surface area contributed by atoms with Gasteiger partial charge in [-0.2, -0.15) is 0 Å². The summed E-state index contributed by atoms with van der Waals surface area (Å²) in [6.07, 6.45) is 2.20. The average Bonchev–Trinajstić information content (AvgIpc) is 2.95. The van der Waals surface area contributed by atoms with E-state index in [0.717, 1.165) is 5.56 Å². The minimum atomic E-state index is -0.381. The molecule has 0 spiro atoms. The predicted molar refractivity (Wildman–Crippen MR) is 61.1 cm³/mol. The lowest BCUT2D eigenvalue weighted by Gasteiger charge is -2.11. The van der Waals surface area contributed by atoms with Gasteiger partial charge in [0.15, 0.2) is 0 Å². The van der Waals surface area contributed by atoms with Gasteiger partial charge in [0.1, 0.15) is 0 Å². The zero-order chi connectivity index (χ0) is 11.0. The molecule has 0 radical (unpaired) electrons. The van der Waals surface area contributed by atoms with Crippen molar-refractivity contribution >= 4 is 0 Å². The molecule has 2 N–H and O–H groups in total. The molecule has 0 saturated heterocycles. The molecular weight excluding hydrogens is 188 g/mol. The second-order valence-electron chi connectivity index (χ2n) is 4.50. The normalized spacial score (nSPS) is 18.1. The van der Waals surface area contributed by atoms with Crippen molar-refractivity contribution in [3.63, 3.8) is 0 Å². The van der Waals surface area contributed by atoms with Crippen LogP contribution in [0, 0.1) is 13.8 Å². The maximum Gasteiger partial charge on any atom is 0.0931 e. The van der Waals surface area contributed by atoms with Crippen LogP contribution < -0.4 is 5.32 Å². The summed E-state index contributed by atoms with van der Waals surface area (Å²) < 4.78 is 2.37. The fourth-order valence-corrected chi connectivity index (χ4v) is 2.34. The van der Waals surface area contributed by atoms with Crippen molar-refractivity contribution in [3.05, 3.63) is 23.0 Å². The van der Waals surface area contributed by atoms with Crippen molar-refractivity contribution in [2.75, 3.05) is 13.6 Å². The molecule has 1 aromatic heterocycles. The van der Waals surface area contributed by atoms with Crippen molar-refractivity contribution < 1.29 is 5.11 Å². The monoisotopic (exact) mass is 208 g/mol. The Bertz CT molecular complexity index is 353. The summed E-state index contributed by atoms with van der Waals surface area (Å²) in [5.41, 5.74) is 3.59. The SMILES string of the molecule is CNCC(O)c1cc(C)n(C2CC2)c1C. The molecule has 0 aliphatic heterocycles. The van der Waals surface area contributed by atoms with Crippen molar-refractivity contribution in [3.8, 4) is 0 Å². The van der Waals surface area contributed by atoms with Crippen LogP contribution in [0.5, 0.6) is 0 Å². The Morgan fingerprint density at radius 3 is 2.73 bits per heavy atom. The zero-order valence-corrected chi connectivity index (χ0v) is 9.75. The highest BCUT2D eigenvalue weighted by Crippen LogP contribution is 2.39. The Balaban J connectivity index is 2.28. The van der Waals surface area contributed by atoms with Gasteiger partial charge >= 0.3 is 0 Å². The number of aromatic nitrogens is 1. The highest BCUT2D eigenvalue weighted by Gasteiger charge is 2.28. The van der Waals surface area contributed by atoms with Crippen LogP contribution in [-0.2, 0) is 0 Å². The van der Waals surface area contributed by atoms with Crippen LogP contribution >= 0.6 is 0 Å². The highest BCUT2D eigenvalue weighted by molar-refractivity contribution is 5.30. The van der Waals surface area contributed by atoms with Gasteiger partial charge in [-0.3, -0.25) is 0 Å². The van der Waals surface area contributed by atoms with E-state index >= 15 is 0 Å². The molecule has 0 amide bonds. The van der Waals surface area contributed by atoms with Gasteiger partial charge < -0.3 is 15.0 Å². The number of aryl methyl sites for hydroxylation is 1. The summed E-state index contributed by atoms with van der Waals surface area (Å²) in [6, 6.07) is 2.82. The second-order valence-corrected chi connectivity index (χ2v) is 4.50. The van der Waals surface area contributed by atoms with E-state index in [1.165, 1.54) is 24.2 Å². The van der Waals surface area contributed by atoms with E-state index in [1.807, 2.05) is 7.05 Å². The van der Waals surface area contributed by atoms with Gasteiger partial charge in [-0.1, -0.05) is 0 Å². The quantitative estimate of drug-likeness (QED) is 0.790. The van der Waals surface area contributed by atoms with Gasteiger partial charge in [0.25, 0.3) is 0 Å². The lowest BCUT2D eigenvalue weighted by atomic mass is 10.1. The molecule has 1 aromatic rings. The van der Waals surface area contributed by atoms with E-state index in [0.29, 0.717) is 12.6 Å². The predicted octanol–water partition coefficient (Wildman–Crippen LogP) is 1.69. The van der Waals surface area contributed by atoms with Crippen molar-refractivity contribution in [2.45, 2.75) is 38.8 Å². The molecule has 2 rings (SSSR count). The molecule has 0 aromatic carbocycles. The van der Waals surface area contributed by atoms with Crippen LogP contribution in [0.15, 0.2) is 6.07 Å². The number of rotatable bonds is 4. The summed E-state index contributed by atoms with van der Waals surface area (Å²) in [5.74, 6) is 0. The molecule has 1 unspecified atom stereocenters. The Kier molecular flexibility index (Phi) is 2.85. The van der Waals surface area contributed by atoms with Gasteiger partial charge in [-0.25, -0.2) is 0 Å². The van der Waals surface area contributed by atoms with Crippen LogP contribution in [-0.4, -0.2) is 23.3 Å². The number of aliphatic hydroxyl groups is 1. The third kappa shape index (κ3) is 1.94. The standard InChI is InChI=1S/C12H20N2O/c1-8-6-11(12(15)7-13-3)9(2)14(8)10-4-5-10/h6,10,12-13,15H,4-5,7H2,1-3H3. The van der Waals surface area contributed by atoms with E-state index in [2.05, 4.69) is 29.8 Å². The first-order chi connectivity index (χ1) is 7.15. The molecule has 1 aliphatic carbocycles. The molecule has 15 heavy (non-hydrogen) atoms. The van der Waals surface area contributed by atoms with Gasteiger partial charge in [0, 0.05) is 29.5 Å². The van der Waals surface area contributed by atoms with Crippen LogP contribution in [0.3, 0.4) is 0 Å². The average molecular weight is 208 g/mol. The zero-order valence-electron chi connectivity index (χ0n) is 9.75. The fourth-order valence-electron chi connectivity index (χ4n) is 2.34. The minimum Gasteiger partial charge on any atom is -0.387 e. The number of hydrogen-bond donors (Lipinski definition) is 2. The van der Waals surface area contributed by atoms with Crippen LogP contribution in [0.25, 0.3) is 0 Å². The van der Waals surface area contributed by atoms with E-state index in [4.69, 9.17) is 0 Å². The lowest BCUT2D eigenvalue weighted by molar-refractivity contribution is 0.177. The van der Waals surface area contributed by atoms with Crippen molar-refractivity contribution in [1.82, 2.24) is 9.88 Å². The molecule has 3 nitrogen and oxygen atoms in total. The second kappa shape index (κ2) is 3.99. The summed E-state index contributed by atoms with van der Waals surface area (Å²) in [5, 5.41) is 13.0. The molecule has 84 valence electrons. The van der Waals surface area contributed by atoms with Crippen molar-refractivity contribution in [2.24, 2.45) is 0 Å². The molecule has 1 heterocycles. The summed E-state index contributed by atoms with van der Waals surface area (Å²) in [7, 11) is 1.86. The number of likely N-dealkylation sites (N-methyl/N-ethyl adjacent to an activating group) is 1. The van der Waals surface area contributed by atoms with Gasteiger partial charge in [0.2, 0.25) is 0 Å². The Hall–Kier alpha value is -0.800. The third-order valence-electron chi connectivity index (χ3n) is 3.19. The minimum absolute atomic E-state index is 0.381. The summed E-state index contributed by atoms with van der Waals surface area (Å²) in [6.45, 7) is 4.86. The van der Waals surface area contributed by atoms with Crippen LogP contribution in [0.2, 0.25) is 0 Å². The van der Waals surface area contributed by atoms with Gasteiger partial charge in [0.05, 0.1) is 6.10 Å². The molecule has 1 fully saturated rings. The van der Waals surface area contributed by atoms with E-state index < -0.39 is 0 Å². The first-order valence-corrected chi connectivity index (χ1v) is 5.66. The smallest absolute Gasteiger partial charge is 0.0931 e. The highest BCUT2D eigenvalue weighted by atomic mass is 16.3. The van der Waals surface area contributed by atoms with Gasteiger partial charge in [-0.05, 0) is 39.8 Å². The molecule has 1 saturated carbocycles. The summed E-state index contributed by atoms with van der Waals surface area (Å²) in [4.78, 5) is 0. The lowest BCUT2D eigenvalue weighted by Crippen LogP contribution is -2.17. The third-order valence-corrected chi connectivity index (χ3v) is 3.19. The first kappa shape index (κ1) is 10.7. The maximum absolute atomic E-state index is 9.97. The van der Waals surface area contributed by atoms with Crippen LogP contribution in [0.1, 0.15) is 41.9 Å². The van der Waals surface area contributed by atoms with Gasteiger partial charge in [-0.15, -0.1) is 0 Å². The van der Waals surface area contributed by atoms with Crippen LogP contribution in [0.4, 0.5) is 0 Å². The number of nitrogens with zero attached hydrogens (tertiary/aromatic N) is 1. The molecule has 0 bridgehead atoms. The Morgan fingerprint density at radius 2 is 2.20 bits per heavy atom. The number of aliphatic hydroxyl groups excluding tert-OH is 1. The number of nitrogens with one attached hydrogen (secondary N) is 1. The first-order valence-electron chi connectivity index (χ1n) is 5.66. The van der Waals surface area contributed by atoms with Crippen molar-refractivity contribution in [1.29, 1.82) is 0 Å². The van der Waals surface area contributed by atoms with E-state index in [-0.39, 0.29) is 6.10 Å². The fraction of sp³-hybridized carbons (Fsp3) is 0.667. The molecule has 3 heteroatoms. The van der Waals surface area contributed by atoms with E-state index in [1.54, 1.807) is 0 Å².